The highest BCUT2D eigenvalue weighted by Gasteiger charge is 2.41. The van der Waals surface area contributed by atoms with Crippen molar-refractivity contribution >= 4 is 27.3 Å². The van der Waals surface area contributed by atoms with Crippen LogP contribution in [0, 0.1) is 12.7 Å². The fraction of sp³-hybridized carbons (Fsp3) is 0.387. The molecule has 6 nitrogen and oxygen atoms in total. The van der Waals surface area contributed by atoms with Crippen molar-refractivity contribution in [1.29, 1.82) is 0 Å². The molecule has 2 atom stereocenters. The first-order valence-electron chi connectivity index (χ1n) is 13.7. The Morgan fingerprint density at radius 1 is 1.00 bits per heavy atom. The topological polar surface area (TPSA) is 62.5 Å². The van der Waals surface area contributed by atoms with E-state index in [9.17, 15) is 40.3 Å². The Labute approximate surface area is 258 Å². The number of carbonyl (C=O) groups is 2. The molecule has 3 rings (SSSR count). The molecule has 0 radical (unpaired) electrons. The van der Waals surface area contributed by atoms with E-state index in [0.29, 0.717) is 53.8 Å². The maximum Gasteiger partial charge on any atom is 0.416 e. The van der Waals surface area contributed by atoms with Gasteiger partial charge in [0.25, 0.3) is 0 Å². The van der Waals surface area contributed by atoms with Crippen molar-refractivity contribution in [1.82, 2.24) is 5.09 Å². The number of anilines is 1. The molecule has 1 N–H and O–H groups in total. The third-order valence-corrected chi connectivity index (χ3v) is 8.05. The number of hydrogen-bond donors (Lipinski definition) is 1. The minimum atomic E-state index is -5.09. The van der Waals surface area contributed by atoms with E-state index < -0.39 is 52.2 Å². The van der Waals surface area contributed by atoms with E-state index in [1.807, 2.05) is 0 Å². The normalized spacial score (nSPS) is 13.0. The van der Waals surface area contributed by atoms with Gasteiger partial charge in [0, 0.05) is 29.8 Å². The van der Waals surface area contributed by atoms with Crippen molar-refractivity contribution in [3.8, 4) is 11.1 Å². The van der Waals surface area contributed by atoms with Crippen LogP contribution >= 0.6 is 9.39 Å². The number of nitrogens with one attached hydrogen (secondary N) is 1. The average molecular weight is 661 g/mol. The molecule has 45 heavy (non-hydrogen) atoms. The summed E-state index contributed by atoms with van der Waals surface area (Å²) >= 11 is 0. The van der Waals surface area contributed by atoms with Crippen LogP contribution in [0.3, 0.4) is 0 Å². The third kappa shape index (κ3) is 8.18. The lowest BCUT2D eigenvalue weighted by Gasteiger charge is -2.31. The monoisotopic (exact) mass is 660 g/mol. The van der Waals surface area contributed by atoms with Gasteiger partial charge >= 0.3 is 12.4 Å². The first kappa shape index (κ1) is 35.9. The van der Waals surface area contributed by atoms with Gasteiger partial charge in [-0.2, -0.15) is 26.3 Å². The van der Waals surface area contributed by atoms with Gasteiger partial charge in [0.2, 0.25) is 17.8 Å². The summed E-state index contributed by atoms with van der Waals surface area (Å²) in [5.41, 5.74) is -3.10. The molecule has 0 fully saturated rings. The van der Waals surface area contributed by atoms with Gasteiger partial charge in [-0.25, -0.2) is 4.39 Å². The van der Waals surface area contributed by atoms with E-state index in [2.05, 4.69) is 14.5 Å². The molecule has 3 aromatic rings. The molecule has 0 bridgehead atoms. The van der Waals surface area contributed by atoms with Gasteiger partial charge in [-0.05, 0) is 80.6 Å². The zero-order valence-electron chi connectivity index (χ0n) is 25.2. The average Bonchev–Trinajstić information content (AvgIpc) is 2.97. The molecule has 0 aliphatic rings. The van der Waals surface area contributed by atoms with Crippen LogP contribution in [0.1, 0.15) is 54.6 Å². The van der Waals surface area contributed by atoms with Crippen LogP contribution in [0.15, 0.2) is 48.7 Å². The summed E-state index contributed by atoms with van der Waals surface area (Å²) in [6.07, 6.45) is -6.47. The molecule has 1 amide bonds. The van der Waals surface area contributed by atoms with Crippen LogP contribution < -0.4 is 19.6 Å². The highest BCUT2D eigenvalue weighted by Crippen LogP contribution is 2.41. The Morgan fingerprint density at radius 2 is 1.58 bits per heavy atom. The molecule has 0 aliphatic heterocycles. The molecule has 1 heterocycles. The van der Waals surface area contributed by atoms with Crippen molar-refractivity contribution in [2.75, 3.05) is 19.1 Å². The molecule has 1 aromatic heterocycles. The van der Waals surface area contributed by atoms with Gasteiger partial charge in [-0.1, -0.05) is 15.5 Å². The second kappa shape index (κ2) is 13.8. The number of aldehydes is 1. The fourth-order valence-electron chi connectivity index (χ4n) is 4.99. The van der Waals surface area contributed by atoms with E-state index in [1.54, 1.807) is 13.0 Å². The zero-order chi connectivity index (χ0) is 33.9. The lowest BCUT2D eigenvalue weighted by atomic mass is 9.81. The standard InChI is InChI=1S/C31H34F7N3O3P/c1-18-11-22(32)9-10-25(18)26-15-24(8-6-7-23(17-42)39-45)41(44-5)16-27(26)40(4)28(43)29(2,3)19-12-20(30(33,34)35)14-21(13-19)31(36,37)38/h9-17,23,39H,6-8,45H2,1-5H3/q+1. The van der Waals surface area contributed by atoms with Gasteiger partial charge in [0.1, 0.15) is 24.9 Å². The second-order valence-electron chi connectivity index (χ2n) is 11.1. The number of halogens is 7. The van der Waals surface area contributed by atoms with Crippen LogP contribution in [0.5, 0.6) is 0 Å². The lowest BCUT2D eigenvalue weighted by molar-refractivity contribution is -0.890. The van der Waals surface area contributed by atoms with E-state index >= 15 is 0 Å². The Balaban J connectivity index is 2.18. The van der Waals surface area contributed by atoms with Crippen molar-refractivity contribution in [3.63, 3.8) is 0 Å². The largest absolute Gasteiger partial charge is 0.416 e. The predicted molar refractivity (Wildman–Crippen MR) is 158 cm³/mol. The maximum absolute atomic E-state index is 14.0. The molecule has 14 heteroatoms. The number of benzene rings is 2. The number of rotatable bonds is 11. The van der Waals surface area contributed by atoms with Gasteiger partial charge in [-0.15, -0.1) is 0 Å². The van der Waals surface area contributed by atoms with Gasteiger partial charge in [0.05, 0.1) is 22.6 Å². The summed E-state index contributed by atoms with van der Waals surface area (Å²) in [6.45, 7) is 4.14. The number of likely N-dealkylation sites (N-methyl/N-ethyl adjacent to an activating group) is 1. The van der Waals surface area contributed by atoms with Crippen LogP contribution in [0.2, 0.25) is 0 Å². The smallest absolute Gasteiger partial charge is 0.309 e. The van der Waals surface area contributed by atoms with Crippen molar-refractivity contribution in [2.45, 2.75) is 63.8 Å². The first-order chi connectivity index (χ1) is 20.8. The van der Waals surface area contributed by atoms with E-state index in [4.69, 9.17) is 4.84 Å². The minimum absolute atomic E-state index is 0.0101. The highest BCUT2D eigenvalue weighted by atomic mass is 31.0. The predicted octanol–water partition coefficient (Wildman–Crippen LogP) is 6.40. The number of carbonyl (C=O) groups excluding carboxylic acids is 2. The Hall–Kier alpha value is -3.57. The molecule has 0 saturated heterocycles. The number of amides is 1. The molecule has 2 unspecified atom stereocenters. The van der Waals surface area contributed by atoms with Crippen molar-refractivity contribution in [3.05, 3.63) is 82.4 Å². The molecule has 2 aromatic carbocycles. The second-order valence-corrected chi connectivity index (χ2v) is 11.4. The maximum atomic E-state index is 14.0. The lowest BCUT2D eigenvalue weighted by Crippen LogP contribution is -2.47. The summed E-state index contributed by atoms with van der Waals surface area (Å²) in [5.74, 6) is -1.31. The van der Waals surface area contributed by atoms with Crippen LogP contribution in [0.4, 0.5) is 36.4 Å². The zero-order valence-corrected chi connectivity index (χ0v) is 26.4. The summed E-state index contributed by atoms with van der Waals surface area (Å²) < 4.78 is 97.2. The summed E-state index contributed by atoms with van der Waals surface area (Å²) in [4.78, 5) is 31.9. The molecule has 244 valence electrons. The molecular weight excluding hydrogens is 626 g/mol. The number of nitrogens with zero attached hydrogens (tertiary/aromatic N) is 2. The van der Waals surface area contributed by atoms with E-state index in [-0.39, 0.29) is 11.8 Å². The van der Waals surface area contributed by atoms with Crippen molar-refractivity contribution in [2.24, 2.45) is 0 Å². The summed E-state index contributed by atoms with van der Waals surface area (Å²) in [5, 5.41) is 2.81. The van der Waals surface area contributed by atoms with E-state index in [0.717, 1.165) is 11.2 Å². The van der Waals surface area contributed by atoms with Gasteiger partial charge in [-0.3, -0.25) is 14.7 Å². The molecular formula is C31H34F7N3O3P+. The molecule has 0 aliphatic carbocycles. The number of hydrogen-bond acceptors (Lipinski definition) is 4. The number of aromatic nitrogens is 1. The number of aryl methyl sites for hydroxylation is 2. The first-order valence-corrected chi connectivity index (χ1v) is 14.3. The van der Waals surface area contributed by atoms with Gasteiger partial charge < -0.3 is 9.69 Å². The summed E-state index contributed by atoms with van der Waals surface area (Å²) in [6, 6.07) is 6.45. The third-order valence-electron chi connectivity index (χ3n) is 7.62. The minimum Gasteiger partial charge on any atom is -0.309 e. The van der Waals surface area contributed by atoms with E-state index in [1.165, 1.54) is 57.1 Å². The highest BCUT2D eigenvalue weighted by molar-refractivity contribution is 7.13. The molecule has 0 spiro atoms. The van der Waals surface area contributed by atoms with Crippen LogP contribution in [-0.4, -0.2) is 32.4 Å². The Kier molecular flexibility index (Phi) is 11.0. The van der Waals surface area contributed by atoms with Crippen LogP contribution in [0.25, 0.3) is 11.1 Å². The summed E-state index contributed by atoms with van der Waals surface area (Å²) in [7, 11) is 5.00. The van der Waals surface area contributed by atoms with Crippen molar-refractivity contribution < 1.29 is 49.9 Å². The fourth-order valence-corrected chi connectivity index (χ4v) is 5.24. The van der Waals surface area contributed by atoms with Crippen LogP contribution in [-0.2, 0) is 33.8 Å². The number of alkyl halides is 6. The Bertz CT molecular complexity index is 1530. The molecule has 0 saturated carbocycles. The SMILES string of the molecule is CO[n+]1cc(N(C)C(=O)C(C)(C)c2cc(C(F)(F)F)cc(C(F)(F)F)c2)c(-c2ccc(F)cc2C)cc1CCCC(C=O)NP. The quantitative estimate of drug-likeness (QED) is 0.112. The van der Waals surface area contributed by atoms with Gasteiger partial charge in [0.15, 0.2) is 0 Å². The number of pyridine rings is 1. The Morgan fingerprint density at radius 3 is 2.07 bits per heavy atom.